The summed E-state index contributed by atoms with van der Waals surface area (Å²) in [4.78, 5) is 41.8. The molecule has 0 saturated carbocycles. The number of hydrogen-bond donors (Lipinski definition) is 2. The van der Waals surface area contributed by atoms with Crippen molar-refractivity contribution in [3.63, 3.8) is 0 Å². The van der Waals surface area contributed by atoms with Gasteiger partial charge >= 0.3 is 19.8 Å². The normalized spacial score (nSPS) is 9.69. The lowest BCUT2D eigenvalue weighted by Gasteiger charge is -2.17. The topological polar surface area (TPSA) is 119 Å². The molecule has 39 heavy (non-hydrogen) atoms. The Morgan fingerprint density at radius 2 is 1.18 bits per heavy atom. The van der Waals surface area contributed by atoms with Crippen LogP contribution in [-0.2, 0) is 28.2 Å². The standard InChI is InChI=1S/C30H31O8P/c1-3-5-7-9-11-13-15-16-18-20-22-24-26-29(32)38-30(27-36-39(33,34)35)37-28(31)25-23-21-19-17-14-12-10-8-6-4-2/h1,30H,4,6,8,10,12,14,17,19,21,23,25,27H2,2H3,(H2,33,34,35)/t30-/m0/s1. The molecule has 0 amide bonds. The Morgan fingerprint density at radius 3 is 1.67 bits per heavy atom. The number of unbranched alkanes of at least 4 members (excludes halogenated alkanes) is 9. The Balaban J connectivity index is 4.61. The van der Waals surface area contributed by atoms with Gasteiger partial charge < -0.3 is 19.3 Å². The third kappa shape index (κ3) is 26.8. The van der Waals surface area contributed by atoms with Crippen LogP contribution in [0.25, 0.3) is 0 Å². The second-order valence-corrected chi connectivity index (χ2v) is 8.93. The number of rotatable bonds is 16. The predicted octanol–water partition coefficient (Wildman–Crippen LogP) is 3.47. The average Bonchev–Trinajstić information content (AvgIpc) is 2.88. The van der Waals surface area contributed by atoms with Crippen LogP contribution in [-0.4, -0.2) is 34.6 Å². The van der Waals surface area contributed by atoms with E-state index in [4.69, 9.17) is 25.7 Å². The monoisotopic (exact) mass is 550 g/mol. The summed E-state index contributed by atoms with van der Waals surface area (Å²) in [5.74, 6) is 28.0. The van der Waals surface area contributed by atoms with Crippen LogP contribution in [0.5, 0.6) is 0 Å². The molecule has 0 saturated heterocycles. The molecule has 0 bridgehead atoms. The molecule has 0 aromatic heterocycles. The van der Waals surface area contributed by atoms with Crippen molar-refractivity contribution in [2.75, 3.05) is 6.61 Å². The first kappa shape index (κ1) is 35.0. The zero-order valence-corrected chi connectivity index (χ0v) is 22.8. The first-order valence-electron chi connectivity index (χ1n) is 12.3. The van der Waals surface area contributed by atoms with E-state index in [1.807, 2.05) is 5.92 Å². The van der Waals surface area contributed by atoms with Crippen LogP contribution in [0.15, 0.2) is 0 Å². The highest BCUT2D eigenvalue weighted by molar-refractivity contribution is 7.46. The number of esters is 2. The number of carbonyl (C=O) groups is 2. The van der Waals surface area contributed by atoms with Crippen molar-refractivity contribution in [3.05, 3.63) is 0 Å². The molecule has 0 radical (unpaired) electrons. The van der Waals surface area contributed by atoms with E-state index < -0.39 is 32.7 Å². The van der Waals surface area contributed by atoms with Gasteiger partial charge in [0.2, 0.25) is 0 Å². The summed E-state index contributed by atoms with van der Waals surface area (Å²) in [5, 5.41) is 0. The van der Waals surface area contributed by atoms with Crippen molar-refractivity contribution in [2.24, 2.45) is 0 Å². The smallest absolute Gasteiger partial charge is 0.422 e. The lowest BCUT2D eigenvalue weighted by Crippen LogP contribution is -2.28. The van der Waals surface area contributed by atoms with Gasteiger partial charge in [-0.15, -0.1) is 6.42 Å². The summed E-state index contributed by atoms with van der Waals surface area (Å²) in [6.07, 6.45) is 14.2. The van der Waals surface area contributed by atoms with Crippen molar-refractivity contribution in [3.8, 4) is 83.4 Å². The first-order valence-corrected chi connectivity index (χ1v) is 13.9. The van der Waals surface area contributed by atoms with Crippen LogP contribution < -0.4 is 0 Å². The number of carbonyl (C=O) groups excluding carboxylic acids is 2. The molecule has 0 heterocycles. The number of ether oxygens (including phenoxy) is 2. The minimum absolute atomic E-state index is 0.0586. The fourth-order valence-electron chi connectivity index (χ4n) is 2.76. The zero-order valence-electron chi connectivity index (χ0n) is 21.9. The van der Waals surface area contributed by atoms with E-state index in [2.05, 4.69) is 82.5 Å². The van der Waals surface area contributed by atoms with E-state index in [0.29, 0.717) is 6.42 Å². The molecule has 9 heteroatoms. The van der Waals surface area contributed by atoms with Crippen LogP contribution in [0, 0.1) is 83.4 Å². The second-order valence-electron chi connectivity index (χ2n) is 7.69. The molecule has 0 unspecified atom stereocenters. The molecule has 0 aliphatic heterocycles. The molecule has 204 valence electrons. The van der Waals surface area contributed by atoms with Gasteiger partial charge in [-0.05, 0) is 77.5 Å². The summed E-state index contributed by atoms with van der Waals surface area (Å²) < 4.78 is 25.1. The van der Waals surface area contributed by atoms with Gasteiger partial charge in [0, 0.05) is 12.3 Å². The minimum Gasteiger partial charge on any atom is -0.422 e. The predicted molar refractivity (Wildman–Crippen MR) is 146 cm³/mol. The Labute approximate surface area is 231 Å². The summed E-state index contributed by atoms with van der Waals surface area (Å²) >= 11 is 0. The molecule has 2 N–H and O–H groups in total. The van der Waals surface area contributed by atoms with E-state index >= 15 is 0 Å². The molecule has 0 aromatic rings. The Kier molecular flexibility index (Phi) is 21.8. The van der Waals surface area contributed by atoms with Crippen LogP contribution in [0.4, 0.5) is 0 Å². The molecule has 0 aliphatic rings. The second kappa shape index (κ2) is 24.3. The molecular formula is C30H31O8P. The summed E-state index contributed by atoms with van der Waals surface area (Å²) in [6.45, 7) is 1.32. The maximum Gasteiger partial charge on any atom is 0.469 e. The van der Waals surface area contributed by atoms with Crippen LogP contribution in [0.3, 0.4) is 0 Å². The third-order valence-electron chi connectivity index (χ3n) is 4.48. The molecule has 0 rings (SSSR count). The SMILES string of the molecule is C#CC#CC#CC#CC#CC#CC#CC(=O)O[C@@H](COP(=O)(O)O)OC(=O)CCCCCCCCCCCC. The molecule has 8 nitrogen and oxygen atoms in total. The minimum atomic E-state index is -4.89. The van der Waals surface area contributed by atoms with E-state index in [1.165, 1.54) is 32.1 Å². The number of hydrogen-bond acceptors (Lipinski definition) is 6. The Morgan fingerprint density at radius 1 is 0.718 bits per heavy atom. The lowest BCUT2D eigenvalue weighted by molar-refractivity contribution is -0.189. The highest BCUT2D eigenvalue weighted by Gasteiger charge is 2.24. The van der Waals surface area contributed by atoms with Gasteiger partial charge in [0.15, 0.2) is 0 Å². The van der Waals surface area contributed by atoms with Crippen molar-refractivity contribution in [1.29, 1.82) is 0 Å². The molecule has 0 aliphatic carbocycles. The highest BCUT2D eigenvalue weighted by atomic mass is 31.2. The van der Waals surface area contributed by atoms with E-state index in [9.17, 15) is 14.2 Å². The molecule has 0 fully saturated rings. The van der Waals surface area contributed by atoms with Gasteiger partial charge in [-0.1, -0.05) is 64.7 Å². The van der Waals surface area contributed by atoms with E-state index in [1.54, 1.807) is 0 Å². The number of phosphoric acid groups is 1. The van der Waals surface area contributed by atoms with Gasteiger partial charge in [0.05, 0.1) is 0 Å². The number of phosphoric ester groups is 1. The van der Waals surface area contributed by atoms with Crippen molar-refractivity contribution in [1.82, 2.24) is 0 Å². The molecule has 0 spiro atoms. The van der Waals surface area contributed by atoms with E-state index in [0.717, 1.165) is 25.7 Å². The Hall–Kier alpha value is -4.03. The lowest BCUT2D eigenvalue weighted by atomic mass is 10.1. The van der Waals surface area contributed by atoms with Gasteiger partial charge in [0.25, 0.3) is 6.29 Å². The van der Waals surface area contributed by atoms with Gasteiger partial charge in [-0.2, -0.15) is 0 Å². The van der Waals surface area contributed by atoms with Crippen LogP contribution in [0.1, 0.15) is 77.6 Å². The fraction of sp³-hybridized carbons (Fsp3) is 0.467. The molecular weight excluding hydrogens is 519 g/mol. The summed E-state index contributed by atoms with van der Waals surface area (Å²) in [5.41, 5.74) is 0. The molecule has 1 atom stereocenters. The largest absolute Gasteiger partial charge is 0.469 e. The quantitative estimate of drug-likeness (QED) is 0.0749. The molecule has 0 aromatic carbocycles. The van der Waals surface area contributed by atoms with Crippen LogP contribution in [0.2, 0.25) is 0 Å². The first-order chi connectivity index (χ1) is 18.8. The third-order valence-corrected chi connectivity index (χ3v) is 4.96. The van der Waals surface area contributed by atoms with Crippen molar-refractivity contribution < 1.29 is 37.9 Å². The van der Waals surface area contributed by atoms with Crippen LogP contribution >= 0.6 is 7.82 Å². The van der Waals surface area contributed by atoms with Gasteiger partial charge in [-0.3, -0.25) is 9.32 Å². The highest BCUT2D eigenvalue weighted by Crippen LogP contribution is 2.36. The van der Waals surface area contributed by atoms with Crippen molar-refractivity contribution in [2.45, 2.75) is 83.8 Å². The number of terminal acetylenes is 1. The average molecular weight is 551 g/mol. The zero-order chi connectivity index (χ0) is 29.0. The maximum atomic E-state index is 12.1. The Bertz CT molecular complexity index is 1250. The van der Waals surface area contributed by atoms with Gasteiger partial charge in [0.1, 0.15) is 6.61 Å². The maximum absolute atomic E-state index is 12.1. The van der Waals surface area contributed by atoms with Gasteiger partial charge in [-0.25, -0.2) is 9.36 Å². The van der Waals surface area contributed by atoms with E-state index in [-0.39, 0.29) is 6.42 Å². The van der Waals surface area contributed by atoms with Crippen molar-refractivity contribution >= 4 is 19.8 Å². The summed E-state index contributed by atoms with van der Waals surface area (Å²) in [6, 6.07) is 0. The fourth-order valence-corrected chi connectivity index (χ4v) is 3.08. The summed E-state index contributed by atoms with van der Waals surface area (Å²) in [7, 11) is -4.89.